The molecule has 0 aromatic carbocycles. The van der Waals surface area contributed by atoms with Crippen LogP contribution < -0.4 is 10.2 Å². The molecule has 0 spiro atoms. The Hall–Kier alpha value is -1.89. The van der Waals surface area contributed by atoms with E-state index in [4.69, 9.17) is 9.72 Å². The van der Waals surface area contributed by atoms with Crippen LogP contribution in [0.1, 0.15) is 27.2 Å². The van der Waals surface area contributed by atoms with Gasteiger partial charge in [-0.25, -0.2) is 0 Å². The number of fused-ring (bicyclic) bond motifs is 1. The van der Waals surface area contributed by atoms with Gasteiger partial charge in [-0.15, -0.1) is 0 Å². The topological polar surface area (TPSA) is 79.0 Å². The van der Waals surface area contributed by atoms with Crippen molar-refractivity contribution in [2.24, 2.45) is 0 Å². The molecule has 1 saturated heterocycles. The molecule has 2 aromatic heterocycles. The summed E-state index contributed by atoms with van der Waals surface area (Å²) in [6.45, 7) is 8.81. The molecule has 7 heteroatoms. The van der Waals surface area contributed by atoms with Crippen molar-refractivity contribution in [1.29, 1.82) is 0 Å². The van der Waals surface area contributed by atoms with E-state index in [-0.39, 0.29) is 12.2 Å². The summed E-state index contributed by atoms with van der Waals surface area (Å²) in [6.07, 6.45) is 3.21. The third-order valence-electron chi connectivity index (χ3n) is 3.54. The number of hydrogen-bond acceptors (Lipinski definition) is 6. The highest BCUT2D eigenvalue weighted by Crippen LogP contribution is 2.26. The van der Waals surface area contributed by atoms with Crippen LogP contribution in [0.2, 0.25) is 0 Å². The Kier molecular flexibility index (Phi) is 3.92. The first-order valence-corrected chi connectivity index (χ1v) is 7.52. The molecule has 2 unspecified atom stereocenters. The minimum atomic E-state index is 0.192. The Balaban J connectivity index is 1.97. The average molecular weight is 290 g/mol. The number of rotatable bonds is 4. The van der Waals surface area contributed by atoms with Crippen molar-refractivity contribution in [2.75, 3.05) is 29.9 Å². The van der Waals surface area contributed by atoms with Crippen molar-refractivity contribution >= 4 is 22.8 Å². The number of aromatic nitrogens is 4. The normalized spacial score (nSPS) is 22.7. The summed E-state index contributed by atoms with van der Waals surface area (Å²) in [5, 5.41) is 11.2. The zero-order chi connectivity index (χ0) is 14.8. The number of nitrogens with zero attached hydrogens (tertiary/aromatic N) is 4. The molecule has 3 rings (SSSR count). The fourth-order valence-electron chi connectivity index (χ4n) is 2.73. The van der Waals surface area contributed by atoms with Crippen LogP contribution in [-0.4, -0.2) is 52.0 Å². The van der Waals surface area contributed by atoms with E-state index in [0.29, 0.717) is 5.95 Å². The van der Waals surface area contributed by atoms with E-state index in [1.807, 2.05) is 0 Å². The molecule has 21 heavy (non-hydrogen) atoms. The Morgan fingerprint density at radius 2 is 2.10 bits per heavy atom. The molecule has 1 aliphatic rings. The number of anilines is 2. The van der Waals surface area contributed by atoms with Gasteiger partial charge in [0.15, 0.2) is 5.65 Å². The molecular weight excluding hydrogens is 268 g/mol. The fourth-order valence-corrected chi connectivity index (χ4v) is 2.73. The van der Waals surface area contributed by atoms with E-state index >= 15 is 0 Å². The van der Waals surface area contributed by atoms with E-state index < -0.39 is 0 Å². The van der Waals surface area contributed by atoms with Crippen LogP contribution in [0.15, 0.2) is 6.20 Å². The Bertz CT molecular complexity index is 603. The molecule has 0 amide bonds. The number of hydrogen-bond donors (Lipinski definition) is 2. The number of aromatic amines is 1. The first-order valence-electron chi connectivity index (χ1n) is 7.52. The molecule has 0 aliphatic carbocycles. The summed E-state index contributed by atoms with van der Waals surface area (Å²) in [6, 6.07) is 0. The number of morpholine rings is 1. The average Bonchev–Trinajstić information content (AvgIpc) is 2.91. The van der Waals surface area contributed by atoms with Gasteiger partial charge in [-0.05, 0) is 20.3 Å². The van der Waals surface area contributed by atoms with Gasteiger partial charge in [-0.3, -0.25) is 5.10 Å². The van der Waals surface area contributed by atoms with E-state index in [2.05, 4.69) is 46.2 Å². The molecule has 0 radical (unpaired) electrons. The van der Waals surface area contributed by atoms with Crippen LogP contribution in [-0.2, 0) is 4.74 Å². The minimum Gasteiger partial charge on any atom is -0.372 e. The standard InChI is InChI=1S/C14H22N6O/c1-4-5-15-14-17-12-11(6-16-19-12)13(18-14)20-7-9(2)21-10(3)8-20/h6,9-10H,4-5,7-8H2,1-3H3,(H2,15,16,17,18,19). The van der Waals surface area contributed by atoms with Crippen molar-refractivity contribution in [3.8, 4) is 0 Å². The van der Waals surface area contributed by atoms with Crippen molar-refractivity contribution < 1.29 is 4.74 Å². The van der Waals surface area contributed by atoms with Gasteiger partial charge in [0.2, 0.25) is 5.95 Å². The van der Waals surface area contributed by atoms with Gasteiger partial charge >= 0.3 is 0 Å². The van der Waals surface area contributed by atoms with Gasteiger partial charge < -0.3 is 15.0 Å². The van der Waals surface area contributed by atoms with Crippen LogP contribution >= 0.6 is 0 Å². The maximum Gasteiger partial charge on any atom is 0.226 e. The molecular formula is C14H22N6O. The van der Waals surface area contributed by atoms with Crippen LogP contribution in [0.25, 0.3) is 11.0 Å². The molecule has 7 nitrogen and oxygen atoms in total. The number of H-pyrrole nitrogens is 1. The smallest absolute Gasteiger partial charge is 0.226 e. The van der Waals surface area contributed by atoms with Crippen LogP contribution in [0.5, 0.6) is 0 Å². The predicted octanol–water partition coefficient (Wildman–Crippen LogP) is 1.79. The van der Waals surface area contributed by atoms with Gasteiger partial charge in [-0.1, -0.05) is 6.92 Å². The van der Waals surface area contributed by atoms with Crippen LogP contribution in [0, 0.1) is 0 Å². The quantitative estimate of drug-likeness (QED) is 0.893. The molecule has 2 N–H and O–H groups in total. The van der Waals surface area contributed by atoms with Crippen molar-refractivity contribution in [1.82, 2.24) is 20.2 Å². The van der Waals surface area contributed by atoms with E-state index in [0.717, 1.165) is 42.9 Å². The summed E-state index contributed by atoms with van der Waals surface area (Å²) in [4.78, 5) is 11.4. The van der Waals surface area contributed by atoms with Crippen molar-refractivity contribution in [2.45, 2.75) is 39.4 Å². The van der Waals surface area contributed by atoms with Gasteiger partial charge in [0.1, 0.15) is 5.82 Å². The fraction of sp³-hybridized carbons (Fsp3) is 0.643. The lowest BCUT2D eigenvalue weighted by Crippen LogP contribution is -2.46. The summed E-state index contributed by atoms with van der Waals surface area (Å²) < 4.78 is 5.80. The lowest BCUT2D eigenvalue weighted by atomic mass is 10.2. The zero-order valence-electron chi connectivity index (χ0n) is 12.8. The van der Waals surface area contributed by atoms with E-state index in [1.165, 1.54) is 0 Å². The first-order chi connectivity index (χ1) is 10.2. The summed E-state index contributed by atoms with van der Waals surface area (Å²) in [5.41, 5.74) is 0.769. The van der Waals surface area contributed by atoms with E-state index in [1.54, 1.807) is 6.20 Å². The largest absolute Gasteiger partial charge is 0.372 e. The minimum absolute atomic E-state index is 0.192. The van der Waals surface area contributed by atoms with Gasteiger partial charge in [0.25, 0.3) is 0 Å². The molecule has 2 aromatic rings. The highest BCUT2D eigenvalue weighted by Gasteiger charge is 2.25. The van der Waals surface area contributed by atoms with Gasteiger partial charge in [-0.2, -0.15) is 15.1 Å². The van der Waals surface area contributed by atoms with Crippen molar-refractivity contribution in [3.05, 3.63) is 6.20 Å². The lowest BCUT2D eigenvalue weighted by Gasteiger charge is -2.36. The molecule has 1 fully saturated rings. The maximum absolute atomic E-state index is 5.80. The predicted molar refractivity (Wildman–Crippen MR) is 82.7 cm³/mol. The second kappa shape index (κ2) is 5.85. The summed E-state index contributed by atoms with van der Waals surface area (Å²) in [7, 11) is 0. The molecule has 0 bridgehead atoms. The molecule has 0 saturated carbocycles. The molecule has 2 atom stereocenters. The number of nitrogens with one attached hydrogen (secondary N) is 2. The number of ether oxygens (including phenoxy) is 1. The van der Waals surface area contributed by atoms with Gasteiger partial charge in [0.05, 0.1) is 23.8 Å². The highest BCUT2D eigenvalue weighted by molar-refractivity contribution is 5.87. The first kappa shape index (κ1) is 14.1. The second-order valence-corrected chi connectivity index (χ2v) is 5.59. The Morgan fingerprint density at radius 3 is 2.81 bits per heavy atom. The summed E-state index contributed by atoms with van der Waals surface area (Å²) >= 11 is 0. The second-order valence-electron chi connectivity index (χ2n) is 5.59. The van der Waals surface area contributed by atoms with E-state index in [9.17, 15) is 0 Å². The Labute approximate surface area is 124 Å². The maximum atomic E-state index is 5.80. The third kappa shape index (κ3) is 2.92. The Morgan fingerprint density at radius 1 is 1.33 bits per heavy atom. The molecule has 3 heterocycles. The highest BCUT2D eigenvalue weighted by atomic mass is 16.5. The van der Waals surface area contributed by atoms with Crippen LogP contribution in [0.3, 0.4) is 0 Å². The monoisotopic (exact) mass is 290 g/mol. The lowest BCUT2D eigenvalue weighted by molar-refractivity contribution is -0.00536. The third-order valence-corrected chi connectivity index (χ3v) is 3.54. The van der Waals surface area contributed by atoms with Gasteiger partial charge in [0, 0.05) is 19.6 Å². The van der Waals surface area contributed by atoms with Crippen LogP contribution in [0.4, 0.5) is 11.8 Å². The summed E-state index contributed by atoms with van der Waals surface area (Å²) in [5.74, 6) is 1.57. The molecule has 1 aliphatic heterocycles. The SMILES string of the molecule is CCCNc1nc(N2CC(C)OC(C)C2)c2cn[nH]c2n1. The van der Waals surface area contributed by atoms with Crippen molar-refractivity contribution in [3.63, 3.8) is 0 Å². The molecule has 114 valence electrons. The zero-order valence-corrected chi connectivity index (χ0v) is 12.8.